The highest BCUT2D eigenvalue weighted by molar-refractivity contribution is 5.91. The van der Waals surface area contributed by atoms with Gasteiger partial charge in [-0.1, -0.05) is 6.07 Å². The van der Waals surface area contributed by atoms with Crippen molar-refractivity contribution in [3.05, 3.63) is 29.3 Å². The molecule has 19 heavy (non-hydrogen) atoms. The lowest BCUT2D eigenvalue weighted by molar-refractivity contribution is -0.126. The summed E-state index contributed by atoms with van der Waals surface area (Å²) in [4.78, 5) is 23.2. The number of nitrogen functional groups attached to an aromatic ring is 1. The lowest BCUT2D eigenvalue weighted by atomic mass is 10.1. The third kappa shape index (κ3) is 2.28. The van der Waals surface area contributed by atoms with E-state index in [9.17, 15) is 9.59 Å². The molecule has 1 heterocycles. The van der Waals surface area contributed by atoms with Gasteiger partial charge < -0.3 is 16.4 Å². The predicted molar refractivity (Wildman–Crippen MR) is 71.2 cm³/mol. The topological polar surface area (TPSA) is 84.2 Å². The minimum Gasteiger partial charge on any atom is -0.399 e. The van der Waals surface area contributed by atoms with Gasteiger partial charge in [0.25, 0.3) is 0 Å². The van der Waals surface area contributed by atoms with Crippen LogP contribution in [-0.4, -0.2) is 17.9 Å². The average molecular weight is 259 g/mol. The van der Waals surface area contributed by atoms with E-state index in [-0.39, 0.29) is 23.9 Å². The van der Waals surface area contributed by atoms with Gasteiger partial charge in [-0.15, -0.1) is 0 Å². The predicted octanol–water partition coefficient (Wildman–Crippen LogP) is 0.651. The largest absolute Gasteiger partial charge is 0.399 e. The molecule has 5 heteroatoms. The fourth-order valence-corrected chi connectivity index (χ4v) is 2.87. The molecule has 0 bridgehead atoms. The molecule has 0 aromatic heterocycles. The zero-order valence-corrected chi connectivity index (χ0v) is 10.6. The zero-order valence-electron chi connectivity index (χ0n) is 10.6. The molecule has 0 spiro atoms. The minimum absolute atomic E-state index is 0.0419. The van der Waals surface area contributed by atoms with Crippen LogP contribution in [0.25, 0.3) is 0 Å². The van der Waals surface area contributed by atoms with Crippen molar-refractivity contribution < 1.29 is 9.59 Å². The number of nitrogens with one attached hydrogen (secondary N) is 2. The summed E-state index contributed by atoms with van der Waals surface area (Å²) >= 11 is 0. The van der Waals surface area contributed by atoms with Crippen LogP contribution < -0.4 is 16.4 Å². The standard InChI is InChI=1S/C14H17N3O2/c15-9-2-3-10-8(7-9)1-4-11(10)17-14(19)12-5-6-13(18)16-12/h2-3,7,11-12H,1,4-6,15H2,(H,16,18)(H,17,19)/t11?,12-/m1/s1. The third-order valence-electron chi connectivity index (χ3n) is 3.87. The molecule has 3 rings (SSSR count). The first-order valence-corrected chi connectivity index (χ1v) is 6.61. The maximum absolute atomic E-state index is 12.1. The van der Waals surface area contributed by atoms with Crippen molar-refractivity contribution in [1.82, 2.24) is 10.6 Å². The van der Waals surface area contributed by atoms with E-state index in [1.807, 2.05) is 18.2 Å². The van der Waals surface area contributed by atoms with Crippen molar-refractivity contribution in [3.63, 3.8) is 0 Å². The van der Waals surface area contributed by atoms with E-state index >= 15 is 0 Å². The number of hydrogen-bond acceptors (Lipinski definition) is 3. The second kappa shape index (κ2) is 4.57. The van der Waals surface area contributed by atoms with Gasteiger partial charge in [-0.25, -0.2) is 0 Å². The van der Waals surface area contributed by atoms with Crippen molar-refractivity contribution in [3.8, 4) is 0 Å². The molecule has 2 aliphatic rings. The molecule has 5 nitrogen and oxygen atoms in total. The summed E-state index contributed by atoms with van der Waals surface area (Å²) in [5.41, 5.74) is 8.87. The van der Waals surface area contributed by atoms with E-state index in [2.05, 4.69) is 10.6 Å². The molecule has 1 fully saturated rings. The molecule has 2 amide bonds. The second-order valence-electron chi connectivity index (χ2n) is 5.22. The maximum atomic E-state index is 12.1. The van der Waals surface area contributed by atoms with Crippen molar-refractivity contribution in [2.75, 3.05) is 5.73 Å². The SMILES string of the molecule is Nc1ccc2c(c1)CCC2NC(=O)[C@H]1CCC(=O)N1. The molecule has 1 saturated heterocycles. The van der Waals surface area contributed by atoms with Gasteiger partial charge in [0.05, 0.1) is 6.04 Å². The van der Waals surface area contributed by atoms with Gasteiger partial charge in [0, 0.05) is 12.1 Å². The Labute approximate surface area is 111 Å². The average Bonchev–Trinajstić information content (AvgIpc) is 2.96. The summed E-state index contributed by atoms with van der Waals surface area (Å²) in [6, 6.07) is 5.49. The Kier molecular flexibility index (Phi) is 2.89. The van der Waals surface area contributed by atoms with E-state index in [4.69, 9.17) is 5.73 Å². The molecule has 0 saturated carbocycles. The molecule has 4 N–H and O–H groups in total. The van der Waals surface area contributed by atoms with Crippen LogP contribution in [0.3, 0.4) is 0 Å². The number of fused-ring (bicyclic) bond motifs is 1. The van der Waals surface area contributed by atoms with Crippen LogP contribution in [0.2, 0.25) is 0 Å². The van der Waals surface area contributed by atoms with Crippen LogP contribution in [0, 0.1) is 0 Å². The summed E-state index contributed by atoms with van der Waals surface area (Å²) < 4.78 is 0. The van der Waals surface area contributed by atoms with Gasteiger partial charge in [-0.2, -0.15) is 0 Å². The summed E-state index contributed by atoms with van der Waals surface area (Å²) in [6.07, 6.45) is 2.86. The number of aryl methyl sites for hydroxylation is 1. The highest BCUT2D eigenvalue weighted by atomic mass is 16.2. The van der Waals surface area contributed by atoms with Crippen molar-refractivity contribution >= 4 is 17.5 Å². The summed E-state index contributed by atoms with van der Waals surface area (Å²) in [6.45, 7) is 0. The first-order chi connectivity index (χ1) is 9.13. The molecule has 2 atom stereocenters. The number of anilines is 1. The van der Waals surface area contributed by atoms with Crippen LogP contribution in [0.4, 0.5) is 5.69 Å². The summed E-state index contributed by atoms with van der Waals surface area (Å²) in [7, 11) is 0. The normalized spacial score (nSPS) is 24.9. The molecule has 1 unspecified atom stereocenters. The van der Waals surface area contributed by atoms with Gasteiger partial charge in [-0.3, -0.25) is 9.59 Å². The van der Waals surface area contributed by atoms with Crippen LogP contribution >= 0.6 is 0 Å². The molecular weight excluding hydrogens is 242 g/mol. The van der Waals surface area contributed by atoms with Crippen molar-refractivity contribution in [2.24, 2.45) is 0 Å². The molecule has 1 aliphatic carbocycles. The maximum Gasteiger partial charge on any atom is 0.243 e. The zero-order chi connectivity index (χ0) is 13.4. The summed E-state index contributed by atoms with van der Waals surface area (Å²) in [5.74, 6) is -0.125. The molecule has 0 radical (unpaired) electrons. The Hall–Kier alpha value is -2.04. The number of carbonyl (C=O) groups excluding carboxylic acids is 2. The van der Waals surface area contributed by atoms with Gasteiger partial charge in [0.2, 0.25) is 11.8 Å². The lowest BCUT2D eigenvalue weighted by Crippen LogP contribution is -2.42. The smallest absolute Gasteiger partial charge is 0.243 e. The highest BCUT2D eigenvalue weighted by Gasteiger charge is 2.30. The van der Waals surface area contributed by atoms with Gasteiger partial charge >= 0.3 is 0 Å². The van der Waals surface area contributed by atoms with Crippen LogP contribution in [-0.2, 0) is 16.0 Å². The highest BCUT2D eigenvalue weighted by Crippen LogP contribution is 2.32. The van der Waals surface area contributed by atoms with E-state index < -0.39 is 0 Å². The van der Waals surface area contributed by atoms with E-state index in [1.165, 1.54) is 5.56 Å². The number of rotatable bonds is 2. The van der Waals surface area contributed by atoms with Gasteiger partial charge in [0.1, 0.15) is 6.04 Å². The summed E-state index contributed by atoms with van der Waals surface area (Å²) in [5, 5.41) is 5.71. The van der Waals surface area contributed by atoms with E-state index in [1.54, 1.807) is 0 Å². The molecular formula is C14H17N3O2. The van der Waals surface area contributed by atoms with Gasteiger partial charge in [-0.05, 0) is 42.5 Å². The number of carbonyl (C=O) groups is 2. The Bertz CT molecular complexity index is 541. The Balaban J connectivity index is 1.69. The fourth-order valence-electron chi connectivity index (χ4n) is 2.87. The number of nitrogens with two attached hydrogens (primary N) is 1. The Morgan fingerprint density at radius 1 is 1.32 bits per heavy atom. The number of hydrogen-bond donors (Lipinski definition) is 3. The van der Waals surface area contributed by atoms with E-state index in [0.29, 0.717) is 12.8 Å². The Morgan fingerprint density at radius 2 is 2.16 bits per heavy atom. The first-order valence-electron chi connectivity index (χ1n) is 6.61. The number of benzene rings is 1. The second-order valence-corrected chi connectivity index (χ2v) is 5.22. The molecule has 1 aromatic carbocycles. The Morgan fingerprint density at radius 3 is 2.89 bits per heavy atom. The van der Waals surface area contributed by atoms with Crippen LogP contribution in [0.1, 0.15) is 36.4 Å². The van der Waals surface area contributed by atoms with Crippen LogP contribution in [0.15, 0.2) is 18.2 Å². The third-order valence-corrected chi connectivity index (χ3v) is 3.87. The monoisotopic (exact) mass is 259 g/mol. The van der Waals surface area contributed by atoms with Crippen LogP contribution in [0.5, 0.6) is 0 Å². The lowest BCUT2D eigenvalue weighted by Gasteiger charge is -2.17. The van der Waals surface area contributed by atoms with Gasteiger partial charge in [0.15, 0.2) is 0 Å². The molecule has 1 aromatic rings. The quantitative estimate of drug-likeness (QED) is 0.682. The minimum atomic E-state index is -0.370. The van der Waals surface area contributed by atoms with Crippen molar-refractivity contribution in [1.29, 1.82) is 0 Å². The number of amides is 2. The van der Waals surface area contributed by atoms with E-state index in [0.717, 1.165) is 24.1 Å². The molecule has 1 aliphatic heterocycles. The molecule has 100 valence electrons. The fraction of sp³-hybridized carbons (Fsp3) is 0.429. The van der Waals surface area contributed by atoms with Crippen molar-refractivity contribution in [2.45, 2.75) is 37.8 Å². The first kappa shape index (κ1) is 12.0.